The average Bonchev–Trinajstić information content (AvgIpc) is 3.99. The van der Waals surface area contributed by atoms with Gasteiger partial charge < -0.3 is 29.2 Å². The number of ketones is 1. The summed E-state index contributed by atoms with van der Waals surface area (Å²) < 4.78 is 51.6. The number of sulfonamides is 1. The molecular formula is C42H58N4O10S. The topological polar surface area (TPSA) is 180 Å². The van der Waals surface area contributed by atoms with Crippen molar-refractivity contribution in [2.75, 3.05) is 13.7 Å². The molecule has 2 N–H and O–H groups in total. The number of aryl methyl sites for hydroxylation is 1. The summed E-state index contributed by atoms with van der Waals surface area (Å²) in [6.45, 7) is 12.5. The number of pyridine rings is 1. The summed E-state index contributed by atoms with van der Waals surface area (Å²) in [7, 11) is -2.38. The molecule has 3 heterocycles. The van der Waals surface area contributed by atoms with Crippen molar-refractivity contribution >= 4 is 44.6 Å². The summed E-state index contributed by atoms with van der Waals surface area (Å²) in [6, 6.07) is 3.34. The van der Waals surface area contributed by atoms with Gasteiger partial charge in [0.05, 0.1) is 41.5 Å². The van der Waals surface area contributed by atoms with E-state index in [1.807, 2.05) is 45.1 Å². The fourth-order valence-corrected chi connectivity index (χ4v) is 9.23. The molecule has 2 aromatic rings. The molecule has 15 heteroatoms. The molecule has 5 atom stereocenters. The third-order valence-corrected chi connectivity index (χ3v) is 13.7. The lowest BCUT2D eigenvalue weighted by Gasteiger charge is -2.30. The van der Waals surface area contributed by atoms with Crippen LogP contribution < -0.4 is 24.2 Å². The predicted molar refractivity (Wildman–Crippen MR) is 214 cm³/mol. The van der Waals surface area contributed by atoms with Crippen LogP contribution in [0.2, 0.25) is 0 Å². The van der Waals surface area contributed by atoms with Gasteiger partial charge in [-0.15, -0.1) is 0 Å². The zero-order chi connectivity index (χ0) is 41.5. The van der Waals surface area contributed by atoms with Gasteiger partial charge in [0.1, 0.15) is 29.2 Å². The third-order valence-electron chi connectivity index (χ3n) is 11.5. The van der Waals surface area contributed by atoms with Gasteiger partial charge in [-0.25, -0.2) is 18.2 Å². The number of alkyl carbamates (subject to hydrolysis) is 1. The lowest BCUT2D eigenvalue weighted by molar-refractivity contribution is -0.140. The van der Waals surface area contributed by atoms with Crippen LogP contribution in [-0.4, -0.2) is 90.3 Å². The molecule has 2 saturated carbocycles. The normalized spacial score (nSPS) is 27.0. The maximum atomic E-state index is 14.7. The highest BCUT2D eigenvalue weighted by Crippen LogP contribution is 2.57. The summed E-state index contributed by atoms with van der Waals surface area (Å²) in [6.07, 6.45) is 6.58. The Labute approximate surface area is 335 Å². The highest BCUT2D eigenvalue weighted by molar-refractivity contribution is 7.91. The van der Waals surface area contributed by atoms with Gasteiger partial charge in [-0.05, 0) is 105 Å². The van der Waals surface area contributed by atoms with Crippen molar-refractivity contribution in [3.63, 3.8) is 0 Å². The number of allylic oxidation sites excluding steroid dienone is 2. The summed E-state index contributed by atoms with van der Waals surface area (Å²) in [4.78, 5) is 62.6. The van der Waals surface area contributed by atoms with Crippen molar-refractivity contribution in [2.45, 2.75) is 147 Å². The van der Waals surface area contributed by atoms with Crippen LogP contribution in [0.25, 0.3) is 10.9 Å². The van der Waals surface area contributed by atoms with Gasteiger partial charge in [0.25, 0.3) is 0 Å². The second kappa shape index (κ2) is 16.1. The minimum absolute atomic E-state index is 0.0102. The molecule has 0 bridgehead atoms. The number of rotatable bonds is 9. The molecule has 0 spiro atoms. The lowest BCUT2D eigenvalue weighted by atomic mass is 9.91. The number of carbonyl (C=O) groups is 4. The molecule has 3 fully saturated rings. The number of carbonyl (C=O) groups excluding carboxylic acids is 4. The Morgan fingerprint density at radius 2 is 1.81 bits per heavy atom. The number of methoxy groups -OCH3 is 1. The van der Waals surface area contributed by atoms with Crippen LogP contribution in [0.1, 0.15) is 111 Å². The number of fused-ring (bicyclic) bond motifs is 3. The largest absolute Gasteiger partial charge is 0.496 e. The summed E-state index contributed by atoms with van der Waals surface area (Å²) >= 11 is 0. The van der Waals surface area contributed by atoms with E-state index in [9.17, 15) is 27.6 Å². The van der Waals surface area contributed by atoms with Crippen molar-refractivity contribution < 1.29 is 46.5 Å². The number of benzene rings is 1. The zero-order valence-electron chi connectivity index (χ0n) is 34.4. The quantitative estimate of drug-likeness (QED) is 0.281. The number of nitrogens with one attached hydrogen (secondary N) is 2. The van der Waals surface area contributed by atoms with Gasteiger partial charge in [0, 0.05) is 29.9 Å². The molecular weight excluding hydrogens is 753 g/mol. The number of ether oxygens (including phenoxy) is 4. The van der Waals surface area contributed by atoms with E-state index in [-0.39, 0.29) is 37.2 Å². The number of Topliss-reactive ketones (excluding diaryl/α,β-unsaturated/α-hetero) is 1. The molecule has 2 aliphatic carbocycles. The van der Waals surface area contributed by atoms with Crippen LogP contribution in [-0.2, 0) is 29.1 Å². The van der Waals surface area contributed by atoms with E-state index >= 15 is 0 Å². The van der Waals surface area contributed by atoms with Crippen molar-refractivity contribution in [3.05, 3.63) is 35.9 Å². The smallest absolute Gasteiger partial charge is 0.408 e. The highest BCUT2D eigenvalue weighted by Gasteiger charge is 2.62. The van der Waals surface area contributed by atoms with E-state index in [1.54, 1.807) is 40.9 Å². The monoisotopic (exact) mass is 810 g/mol. The minimum atomic E-state index is -3.96. The molecule has 4 aliphatic rings. The molecule has 14 nitrogen and oxygen atoms in total. The van der Waals surface area contributed by atoms with E-state index in [1.165, 1.54) is 4.90 Å². The Morgan fingerprint density at radius 3 is 2.47 bits per heavy atom. The molecule has 0 unspecified atom stereocenters. The van der Waals surface area contributed by atoms with Crippen LogP contribution >= 0.6 is 0 Å². The van der Waals surface area contributed by atoms with Crippen LogP contribution in [0.4, 0.5) is 4.79 Å². The second-order valence-electron chi connectivity index (χ2n) is 17.7. The van der Waals surface area contributed by atoms with Crippen LogP contribution in [0, 0.1) is 18.3 Å². The number of nitrogens with zero attached hydrogens (tertiary/aromatic N) is 2. The van der Waals surface area contributed by atoms with E-state index < -0.39 is 61.9 Å². The summed E-state index contributed by atoms with van der Waals surface area (Å²) in [5.41, 5.74) is -0.698. The predicted octanol–water partition coefficient (Wildman–Crippen LogP) is 6.06. The van der Waals surface area contributed by atoms with Gasteiger partial charge in [-0.3, -0.25) is 19.1 Å². The molecule has 6 rings (SSSR count). The van der Waals surface area contributed by atoms with E-state index in [0.717, 1.165) is 18.4 Å². The fourth-order valence-electron chi connectivity index (χ4n) is 7.89. The van der Waals surface area contributed by atoms with Gasteiger partial charge in [-0.1, -0.05) is 25.0 Å². The zero-order valence-corrected chi connectivity index (χ0v) is 35.3. The fraction of sp³-hybridized carbons (Fsp3) is 0.643. The van der Waals surface area contributed by atoms with Crippen molar-refractivity contribution in [1.82, 2.24) is 19.9 Å². The average molecular weight is 811 g/mol. The van der Waals surface area contributed by atoms with Gasteiger partial charge in [0.2, 0.25) is 27.7 Å². The van der Waals surface area contributed by atoms with Crippen molar-refractivity contribution in [2.24, 2.45) is 11.3 Å². The first-order valence-corrected chi connectivity index (χ1v) is 21.6. The Balaban J connectivity index is 1.35. The molecule has 1 aromatic carbocycles. The van der Waals surface area contributed by atoms with Crippen molar-refractivity contribution in [1.29, 1.82) is 0 Å². The van der Waals surface area contributed by atoms with Gasteiger partial charge >= 0.3 is 6.09 Å². The van der Waals surface area contributed by atoms with Crippen LogP contribution in [0.15, 0.2) is 30.4 Å². The molecule has 1 saturated heterocycles. The first-order valence-electron chi connectivity index (χ1n) is 20.1. The maximum Gasteiger partial charge on any atom is 0.408 e. The van der Waals surface area contributed by atoms with Crippen LogP contribution in [0.3, 0.4) is 0 Å². The van der Waals surface area contributed by atoms with Gasteiger partial charge in [0.15, 0.2) is 5.78 Å². The number of hydrogen-bond acceptors (Lipinski definition) is 11. The van der Waals surface area contributed by atoms with Crippen LogP contribution in [0.5, 0.6) is 17.4 Å². The molecule has 3 amide bonds. The number of amides is 3. The lowest BCUT2D eigenvalue weighted by Crippen LogP contribution is -2.53. The van der Waals surface area contributed by atoms with Gasteiger partial charge in [-0.2, -0.15) is 0 Å². The minimum Gasteiger partial charge on any atom is -0.496 e. The Bertz CT molecular complexity index is 2040. The SMILES string of the molecule is COc1ccc2c(O[C@@H]3C[C@H]4C(=O)C[C@]5(C(=O)NS(=O)(=O)C6(C)CC6)C[C@@H]5/C=C\CCCCC[C@H](NC(=O)OC(C)(C)C)C(=O)N4C3)cc(OC(C)C)nc2c1C. The molecule has 312 valence electrons. The first-order chi connectivity index (χ1) is 26.8. The highest BCUT2D eigenvalue weighted by atomic mass is 32.2. The number of aromatic nitrogens is 1. The van der Waals surface area contributed by atoms with Crippen molar-refractivity contribution in [3.8, 4) is 17.4 Å². The standard InChI is InChI=1S/C42H58N4O10S/c1-25(2)54-35-21-34(29-16-17-33(53-8)26(3)36(29)44-35)55-28-20-31-32(47)23-42(38(49)45-57(51,52)41(7)18-19-41)22-27(42)14-12-10-9-11-13-15-30(37(48)46(31)24-28)43-39(50)56-40(4,5)6/h12,14,16-17,21,25,27-28,30-31H,9-11,13,15,18-20,22-24H2,1-8H3,(H,43,50)(H,45,49)/b14-12-/t27-,28+,30-,31-,42+/m0/s1. The Kier molecular flexibility index (Phi) is 11.9. The molecule has 0 radical (unpaired) electrons. The first kappa shape index (κ1) is 42.2. The molecule has 1 aromatic heterocycles. The molecule has 2 aliphatic heterocycles. The maximum absolute atomic E-state index is 14.7. The Morgan fingerprint density at radius 1 is 1.07 bits per heavy atom. The molecule has 57 heavy (non-hydrogen) atoms. The summed E-state index contributed by atoms with van der Waals surface area (Å²) in [5, 5.41) is 3.46. The second-order valence-corrected chi connectivity index (χ2v) is 19.9. The Hall–Kier alpha value is -4.40. The number of hydrogen-bond donors (Lipinski definition) is 2. The third kappa shape index (κ3) is 9.34. The van der Waals surface area contributed by atoms with E-state index in [0.29, 0.717) is 66.8 Å². The van der Waals surface area contributed by atoms with E-state index in [2.05, 4.69) is 10.0 Å². The van der Waals surface area contributed by atoms with E-state index in [4.69, 9.17) is 23.9 Å². The summed E-state index contributed by atoms with van der Waals surface area (Å²) in [5.74, 6) is -0.457.